The zero-order chi connectivity index (χ0) is 19.9. The molecule has 150 valence electrons. The van der Waals surface area contributed by atoms with Crippen LogP contribution in [0.15, 0.2) is 42.6 Å². The Balaban J connectivity index is 1.54. The number of amides is 1. The van der Waals surface area contributed by atoms with E-state index >= 15 is 0 Å². The van der Waals surface area contributed by atoms with E-state index in [-0.39, 0.29) is 11.7 Å². The number of rotatable bonds is 7. The van der Waals surface area contributed by atoms with Crippen LogP contribution in [0.4, 0.5) is 15.8 Å². The van der Waals surface area contributed by atoms with Gasteiger partial charge in [-0.2, -0.15) is 0 Å². The number of carbonyl (C=O) groups is 1. The van der Waals surface area contributed by atoms with Crippen molar-refractivity contribution >= 4 is 17.3 Å². The number of piperazine rings is 1. The van der Waals surface area contributed by atoms with Gasteiger partial charge in [0, 0.05) is 50.3 Å². The van der Waals surface area contributed by atoms with Crippen molar-refractivity contribution in [2.24, 2.45) is 0 Å². The smallest absolute Gasteiger partial charge is 0.269 e. The first-order valence-corrected chi connectivity index (χ1v) is 9.67. The lowest BCUT2D eigenvalue weighted by Crippen LogP contribution is -2.46. The predicted molar refractivity (Wildman–Crippen MR) is 111 cm³/mol. The molecule has 28 heavy (non-hydrogen) atoms. The second-order valence-electron chi connectivity index (χ2n) is 7.26. The highest BCUT2D eigenvalue weighted by Crippen LogP contribution is 2.21. The molecule has 1 saturated heterocycles. The highest BCUT2D eigenvalue weighted by Gasteiger charge is 2.19. The molecule has 6 nitrogen and oxygen atoms in total. The minimum atomic E-state index is -0.216. The van der Waals surface area contributed by atoms with E-state index in [1.165, 1.54) is 12.1 Å². The fraction of sp³-hybridized carbons (Fsp3) is 0.429. The molecule has 1 aliphatic rings. The first-order chi connectivity index (χ1) is 13.5. The maximum Gasteiger partial charge on any atom is 0.269 e. The molecule has 1 amide bonds. The molecule has 0 radical (unpaired) electrons. The third-order valence-electron chi connectivity index (χ3n) is 4.88. The van der Waals surface area contributed by atoms with Crippen LogP contribution in [0.1, 0.15) is 16.9 Å². The molecule has 0 unspecified atom stereocenters. The van der Waals surface area contributed by atoms with E-state index < -0.39 is 0 Å². The molecule has 0 aliphatic carbocycles. The Kier molecular flexibility index (Phi) is 6.81. The standard InChI is InChI=1S/C21H28FN5O/c1-25(2)11-3-9-24-21(28)20-16-19(8-10-23-20)27-14-12-26(13-15-27)18-6-4-17(22)5-7-18/h4-8,10,16H,3,9,11-15H2,1-2H3,(H,24,28). The average molecular weight is 385 g/mol. The van der Waals surface area contributed by atoms with Crippen molar-refractivity contribution < 1.29 is 9.18 Å². The summed E-state index contributed by atoms with van der Waals surface area (Å²) in [5.41, 5.74) is 2.49. The van der Waals surface area contributed by atoms with Gasteiger partial charge in [-0.15, -0.1) is 0 Å². The van der Waals surface area contributed by atoms with Gasteiger partial charge in [-0.05, 0) is 63.5 Å². The van der Waals surface area contributed by atoms with Crippen LogP contribution in [0.25, 0.3) is 0 Å². The number of halogens is 1. The van der Waals surface area contributed by atoms with E-state index in [2.05, 4.69) is 25.0 Å². The molecule has 0 atom stereocenters. The van der Waals surface area contributed by atoms with Crippen molar-refractivity contribution in [3.8, 4) is 0 Å². The number of benzene rings is 1. The van der Waals surface area contributed by atoms with Gasteiger partial charge in [-0.1, -0.05) is 0 Å². The molecule has 0 saturated carbocycles. The van der Waals surface area contributed by atoms with Gasteiger partial charge < -0.3 is 20.0 Å². The Morgan fingerprint density at radius 1 is 1.07 bits per heavy atom. The summed E-state index contributed by atoms with van der Waals surface area (Å²) in [6, 6.07) is 10.4. The Hall–Kier alpha value is -2.67. The summed E-state index contributed by atoms with van der Waals surface area (Å²) in [6.45, 7) is 4.95. The van der Waals surface area contributed by atoms with Crippen LogP contribution < -0.4 is 15.1 Å². The molecule has 2 aromatic rings. The maximum atomic E-state index is 13.1. The Morgan fingerprint density at radius 2 is 1.71 bits per heavy atom. The number of carbonyl (C=O) groups excluding carboxylic acids is 1. The predicted octanol–water partition coefficient (Wildman–Crippen LogP) is 2.23. The summed E-state index contributed by atoms with van der Waals surface area (Å²) in [5, 5.41) is 2.93. The quantitative estimate of drug-likeness (QED) is 0.741. The van der Waals surface area contributed by atoms with E-state index in [4.69, 9.17) is 0 Å². The average Bonchev–Trinajstić information content (AvgIpc) is 2.72. The van der Waals surface area contributed by atoms with Crippen LogP contribution in [0.5, 0.6) is 0 Å². The van der Waals surface area contributed by atoms with Crippen LogP contribution >= 0.6 is 0 Å². The monoisotopic (exact) mass is 385 g/mol. The molecule has 0 bridgehead atoms. The number of hydrogen-bond donors (Lipinski definition) is 1. The second kappa shape index (κ2) is 9.50. The van der Waals surface area contributed by atoms with Gasteiger partial charge >= 0.3 is 0 Å². The second-order valence-corrected chi connectivity index (χ2v) is 7.26. The maximum absolute atomic E-state index is 13.1. The van der Waals surface area contributed by atoms with Crippen LogP contribution in [0.2, 0.25) is 0 Å². The summed E-state index contributed by atoms with van der Waals surface area (Å²) in [5.74, 6) is -0.350. The third kappa shape index (κ3) is 5.42. The zero-order valence-electron chi connectivity index (χ0n) is 16.6. The van der Waals surface area contributed by atoms with E-state index in [1.54, 1.807) is 6.20 Å². The largest absolute Gasteiger partial charge is 0.368 e. The number of nitrogens with one attached hydrogen (secondary N) is 1. The summed E-state index contributed by atoms with van der Waals surface area (Å²) < 4.78 is 13.1. The van der Waals surface area contributed by atoms with E-state index in [0.29, 0.717) is 12.2 Å². The molecule has 7 heteroatoms. The SMILES string of the molecule is CN(C)CCCNC(=O)c1cc(N2CCN(c3ccc(F)cc3)CC2)ccn1. The molecular weight excluding hydrogens is 357 g/mol. The summed E-state index contributed by atoms with van der Waals surface area (Å²) in [7, 11) is 4.03. The van der Waals surface area contributed by atoms with E-state index in [0.717, 1.165) is 50.5 Å². The summed E-state index contributed by atoms with van der Waals surface area (Å²) in [4.78, 5) is 23.2. The van der Waals surface area contributed by atoms with Crippen molar-refractivity contribution in [3.05, 3.63) is 54.1 Å². The van der Waals surface area contributed by atoms with Crippen LogP contribution in [0.3, 0.4) is 0 Å². The molecule has 1 aromatic heterocycles. The first kappa shape index (κ1) is 20.1. The first-order valence-electron chi connectivity index (χ1n) is 9.67. The minimum absolute atomic E-state index is 0.134. The van der Waals surface area contributed by atoms with Gasteiger partial charge in [0.05, 0.1) is 0 Å². The topological polar surface area (TPSA) is 51.7 Å². The van der Waals surface area contributed by atoms with Crippen LogP contribution in [0, 0.1) is 5.82 Å². The van der Waals surface area contributed by atoms with Crippen molar-refractivity contribution in [2.45, 2.75) is 6.42 Å². The highest BCUT2D eigenvalue weighted by atomic mass is 19.1. The van der Waals surface area contributed by atoms with E-state index in [1.807, 2.05) is 38.4 Å². The fourth-order valence-electron chi connectivity index (χ4n) is 3.30. The number of pyridine rings is 1. The summed E-state index contributed by atoms with van der Waals surface area (Å²) >= 11 is 0. The number of anilines is 2. The lowest BCUT2D eigenvalue weighted by atomic mass is 10.2. The molecule has 0 spiro atoms. The minimum Gasteiger partial charge on any atom is -0.368 e. The molecule has 1 N–H and O–H groups in total. The zero-order valence-corrected chi connectivity index (χ0v) is 16.6. The molecular formula is C21H28FN5O. The number of nitrogens with zero attached hydrogens (tertiary/aromatic N) is 4. The summed E-state index contributed by atoms with van der Waals surface area (Å²) in [6.07, 6.45) is 2.60. The molecule has 2 heterocycles. The normalized spacial score (nSPS) is 14.4. The molecule has 1 fully saturated rings. The van der Waals surface area contributed by atoms with Crippen molar-refractivity contribution in [1.29, 1.82) is 0 Å². The van der Waals surface area contributed by atoms with Gasteiger partial charge in [0.2, 0.25) is 0 Å². The van der Waals surface area contributed by atoms with Gasteiger partial charge in [-0.25, -0.2) is 4.39 Å². The third-order valence-corrected chi connectivity index (χ3v) is 4.88. The Bertz CT molecular complexity index is 773. The van der Waals surface area contributed by atoms with Gasteiger partial charge in [0.1, 0.15) is 11.5 Å². The van der Waals surface area contributed by atoms with E-state index in [9.17, 15) is 9.18 Å². The van der Waals surface area contributed by atoms with Crippen molar-refractivity contribution in [3.63, 3.8) is 0 Å². The van der Waals surface area contributed by atoms with Crippen LogP contribution in [-0.2, 0) is 0 Å². The van der Waals surface area contributed by atoms with Crippen molar-refractivity contribution in [2.75, 3.05) is 63.2 Å². The number of hydrogen-bond acceptors (Lipinski definition) is 5. The van der Waals surface area contributed by atoms with Crippen LogP contribution in [-0.4, -0.2) is 69.2 Å². The van der Waals surface area contributed by atoms with Gasteiger partial charge in [-0.3, -0.25) is 9.78 Å². The molecule has 1 aliphatic heterocycles. The molecule has 1 aromatic carbocycles. The van der Waals surface area contributed by atoms with Crippen molar-refractivity contribution in [1.82, 2.24) is 15.2 Å². The Labute approximate surface area is 166 Å². The Morgan fingerprint density at radius 3 is 2.36 bits per heavy atom. The molecule has 3 rings (SSSR count). The fourth-order valence-corrected chi connectivity index (χ4v) is 3.30. The van der Waals surface area contributed by atoms with Gasteiger partial charge in [0.15, 0.2) is 0 Å². The number of aromatic nitrogens is 1. The highest BCUT2D eigenvalue weighted by molar-refractivity contribution is 5.93. The lowest BCUT2D eigenvalue weighted by Gasteiger charge is -2.37. The lowest BCUT2D eigenvalue weighted by molar-refractivity contribution is 0.0947. The van der Waals surface area contributed by atoms with Gasteiger partial charge in [0.25, 0.3) is 5.91 Å².